The van der Waals surface area contributed by atoms with Crippen molar-refractivity contribution < 1.29 is 14.4 Å². The molecular weight excluding hydrogens is 316 g/mol. The van der Waals surface area contributed by atoms with Crippen LogP contribution in [-0.2, 0) is 9.59 Å². The average molecular weight is 338 g/mol. The number of thiazole rings is 1. The van der Waals surface area contributed by atoms with Crippen molar-refractivity contribution in [3.63, 3.8) is 0 Å². The highest BCUT2D eigenvalue weighted by Crippen LogP contribution is 2.23. The molecule has 7 nitrogen and oxygen atoms in total. The Balaban J connectivity index is 1.80. The van der Waals surface area contributed by atoms with Gasteiger partial charge >= 0.3 is 0 Å². The van der Waals surface area contributed by atoms with E-state index in [1.165, 1.54) is 18.3 Å². The van der Waals surface area contributed by atoms with Crippen molar-refractivity contribution in [3.05, 3.63) is 10.6 Å². The van der Waals surface area contributed by atoms with Crippen LogP contribution in [0.1, 0.15) is 35.1 Å². The molecule has 1 fully saturated rings. The highest BCUT2D eigenvalue weighted by Gasteiger charge is 2.20. The number of nitrogens with zero attached hydrogens (tertiary/aromatic N) is 3. The van der Waals surface area contributed by atoms with E-state index in [1.54, 1.807) is 11.8 Å². The lowest BCUT2D eigenvalue weighted by Crippen LogP contribution is -2.47. The third-order valence-electron chi connectivity index (χ3n) is 3.78. The lowest BCUT2D eigenvalue weighted by molar-refractivity contribution is -0.134. The summed E-state index contributed by atoms with van der Waals surface area (Å²) >= 11 is 1.17. The molecule has 1 aromatic heterocycles. The van der Waals surface area contributed by atoms with Crippen LogP contribution in [0.25, 0.3) is 0 Å². The van der Waals surface area contributed by atoms with Gasteiger partial charge in [-0.15, -0.1) is 0 Å². The Kier molecular flexibility index (Phi) is 5.84. The first-order valence-corrected chi connectivity index (χ1v) is 8.43. The first kappa shape index (κ1) is 17.6. The number of carbonyl (C=O) groups is 3. The number of piperazine rings is 1. The maximum Gasteiger partial charge on any atom is 0.226 e. The van der Waals surface area contributed by atoms with E-state index in [-0.39, 0.29) is 30.4 Å². The van der Waals surface area contributed by atoms with Crippen LogP contribution in [0.15, 0.2) is 0 Å². The molecule has 0 aliphatic carbocycles. The maximum atomic E-state index is 12.1. The molecule has 126 valence electrons. The topological polar surface area (TPSA) is 82.6 Å². The van der Waals surface area contributed by atoms with Gasteiger partial charge < -0.3 is 15.1 Å². The van der Waals surface area contributed by atoms with Gasteiger partial charge in [-0.25, -0.2) is 4.98 Å². The van der Waals surface area contributed by atoms with Gasteiger partial charge in [0.05, 0.1) is 10.6 Å². The first-order chi connectivity index (χ1) is 10.9. The van der Waals surface area contributed by atoms with Crippen molar-refractivity contribution >= 4 is 34.1 Å². The SMILES string of the molecule is CC(=O)c1sc(NC(=O)CCC(=O)N2CCN(C)CC2)nc1C. The van der Waals surface area contributed by atoms with Gasteiger partial charge in [0, 0.05) is 45.9 Å². The van der Waals surface area contributed by atoms with Crippen LogP contribution in [0, 0.1) is 6.92 Å². The van der Waals surface area contributed by atoms with E-state index in [0.29, 0.717) is 28.8 Å². The molecule has 0 spiro atoms. The second-order valence-corrected chi connectivity index (χ2v) is 6.72. The molecule has 1 N–H and O–H groups in total. The summed E-state index contributed by atoms with van der Waals surface area (Å²) in [7, 11) is 2.03. The number of anilines is 1. The number of Topliss-reactive ketones (excluding diaryl/α,β-unsaturated/α-hetero) is 1. The number of likely N-dealkylation sites (N-methyl/N-ethyl adjacent to an activating group) is 1. The highest BCUT2D eigenvalue weighted by atomic mass is 32.1. The average Bonchev–Trinajstić information content (AvgIpc) is 2.86. The predicted octanol–water partition coefficient (Wildman–Crippen LogP) is 1.15. The third kappa shape index (κ3) is 4.84. The number of hydrogen-bond acceptors (Lipinski definition) is 6. The van der Waals surface area contributed by atoms with Crippen LogP contribution in [0.4, 0.5) is 5.13 Å². The van der Waals surface area contributed by atoms with E-state index in [1.807, 2.05) is 7.05 Å². The number of nitrogens with one attached hydrogen (secondary N) is 1. The number of ketones is 1. The molecule has 0 saturated carbocycles. The highest BCUT2D eigenvalue weighted by molar-refractivity contribution is 7.17. The summed E-state index contributed by atoms with van der Waals surface area (Å²) in [5.41, 5.74) is 0.617. The number of carbonyl (C=O) groups excluding carboxylic acids is 3. The fourth-order valence-corrected chi connectivity index (χ4v) is 3.27. The molecule has 0 aromatic carbocycles. The van der Waals surface area contributed by atoms with E-state index < -0.39 is 0 Å². The van der Waals surface area contributed by atoms with Gasteiger partial charge in [0.1, 0.15) is 0 Å². The van der Waals surface area contributed by atoms with Crippen molar-refractivity contribution in [2.45, 2.75) is 26.7 Å². The van der Waals surface area contributed by atoms with Gasteiger partial charge in [0.25, 0.3) is 0 Å². The molecule has 0 bridgehead atoms. The number of aryl methyl sites for hydroxylation is 1. The van der Waals surface area contributed by atoms with Crippen LogP contribution in [0.2, 0.25) is 0 Å². The molecule has 2 amide bonds. The monoisotopic (exact) mass is 338 g/mol. The van der Waals surface area contributed by atoms with Crippen LogP contribution >= 0.6 is 11.3 Å². The number of aromatic nitrogens is 1. The van der Waals surface area contributed by atoms with Gasteiger partial charge in [0.2, 0.25) is 11.8 Å². The van der Waals surface area contributed by atoms with E-state index in [4.69, 9.17) is 0 Å². The molecule has 1 aliphatic rings. The molecule has 2 heterocycles. The minimum Gasteiger partial charge on any atom is -0.340 e. The Morgan fingerprint density at radius 2 is 1.83 bits per heavy atom. The number of rotatable bonds is 5. The second-order valence-electron chi connectivity index (χ2n) is 5.72. The van der Waals surface area contributed by atoms with Gasteiger partial charge in [0.15, 0.2) is 10.9 Å². The maximum absolute atomic E-state index is 12.1. The summed E-state index contributed by atoms with van der Waals surface area (Å²) in [5.74, 6) is -0.310. The van der Waals surface area contributed by atoms with E-state index in [2.05, 4.69) is 15.2 Å². The molecule has 0 atom stereocenters. The first-order valence-electron chi connectivity index (χ1n) is 7.61. The fourth-order valence-electron chi connectivity index (χ4n) is 2.39. The summed E-state index contributed by atoms with van der Waals surface area (Å²) in [6.45, 7) is 6.37. The zero-order valence-corrected chi connectivity index (χ0v) is 14.5. The summed E-state index contributed by atoms with van der Waals surface area (Å²) in [6.07, 6.45) is 0.318. The van der Waals surface area contributed by atoms with Gasteiger partial charge in [-0.05, 0) is 14.0 Å². The van der Waals surface area contributed by atoms with E-state index >= 15 is 0 Å². The summed E-state index contributed by atoms with van der Waals surface area (Å²) < 4.78 is 0. The lowest BCUT2D eigenvalue weighted by atomic mass is 10.2. The predicted molar refractivity (Wildman–Crippen MR) is 88.8 cm³/mol. The Morgan fingerprint density at radius 3 is 2.39 bits per heavy atom. The second kappa shape index (κ2) is 7.65. The Hall–Kier alpha value is -1.80. The van der Waals surface area contributed by atoms with Crippen LogP contribution in [0.3, 0.4) is 0 Å². The van der Waals surface area contributed by atoms with E-state index in [0.717, 1.165) is 13.1 Å². The molecule has 1 saturated heterocycles. The van der Waals surface area contributed by atoms with Crippen molar-refractivity contribution in [2.24, 2.45) is 0 Å². The van der Waals surface area contributed by atoms with Crippen molar-refractivity contribution in [2.75, 3.05) is 38.5 Å². The van der Waals surface area contributed by atoms with Crippen molar-refractivity contribution in [1.82, 2.24) is 14.8 Å². The smallest absolute Gasteiger partial charge is 0.226 e. The lowest BCUT2D eigenvalue weighted by Gasteiger charge is -2.32. The molecule has 1 aromatic rings. The summed E-state index contributed by atoms with van der Waals surface area (Å²) in [5, 5.41) is 3.07. The minimum atomic E-state index is -0.253. The molecule has 8 heteroatoms. The Morgan fingerprint density at radius 1 is 1.17 bits per heavy atom. The normalized spacial score (nSPS) is 15.5. The van der Waals surface area contributed by atoms with Crippen molar-refractivity contribution in [1.29, 1.82) is 0 Å². The summed E-state index contributed by atoms with van der Waals surface area (Å²) in [4.78, 5) is 44.1. The standard InChI is InChI=1S/C15H22N4O3S/c1-10-14(11(2)20)23-15(16-10)17-12(21)4-5-13(22)19-8-6-18(3)7-9-19/h4-9H2,1-3H3,(H,16,17,21). The van der Waals surface area contributed by atoms with Gasteiger partial charge in [-0.2, -0.15) is 0 Å². The number of amides is 2. The Labute approximate surface area is 139 Å². The van der Waals surface area contributed by atoms with Gasteiger partial charge in [-0.3, -0.25) is 14.4 Å². The zero-order chi connectivity index (χ0) is 17.0. The quantitative estimate of drug-likeness (QED) is 0.814. The summed E-state index contributed by atoms with van der Waals surface area (Å²) in [6, 6.07) is 0. The zero-order valence-electron chi connectivity index (χ0n) is 13.7. The third-order valence-corrected chi connectivity index (χ3v) is 4.96. The molecule has 2 rings (SSSR count). The van der Waals surface area contributed by atoms with Crippen LogP contribution in [0.5, 0.6) is 0 Å². The Bertz CT molecular complexity index is 606. The molecule has 1 aliphatic heterocycles. The van der Waals surface area contributed by atoms with Gasteiger partial charge in [-0.1, -0.05) is 11.3 Å². The molecule has 0 radical (unpaired) electrons. The van der Waals surface area contributed by atoms with E-state index in [9.17, 15) is 14.4 Å². The van der Waals surface area contributed by atoms with Crippen molar-refractivity contribution in [3.8, 4) is 0 Å². The van der Waals surface area contributed by atoms with Crippen LogP contribution < -0.4 is 5.32 Å². The molecule has 23 heavy (non-hydrogen) atoms. The van der Waals surface area contributed by atoms with Crippen LogP contribution in [-0.4, -0.2) is 65.6 Å². The number of hydrogen-bond donors (Lipinski definition) is 1. The molecule has 0 unspecified atom stereocenters. The minimum absolute atomic E-state index is 0.00740. The largest absolute Gasteiger partial charge is 0.340 e. The fraction of sp³-hybridized carbons (Fsp3) is 0.600. The molecular formula is C15H22N4O3S.